The lowest BCUT2D eigenvalue weighted by Gasteiger charge is -2.09. The summed E-state index contributed by atoms with van der Waals surface area (Å²) < 4.78 is 10.2. The normalized spacial score (nSPS) is 10.3. The Morgan fingerprint density at radius 3 is 2.69 bits per heavy atom. The Morgan fingerprint density at radius 2 is 1.92 bits per heavy atom. The number of para-hydroxylation sites is 1. The number of carbonyl (C=O) groups is 2. The average Bonchev–Trinajstić information content (AvgIpc) is 2.65. The summed E-state index contributed by atoms with van der Waals surface area (Å²) in [5.74, 6) is 0.0328. The molecular weight excluding hydrogens is 397 g/mol. The van der Waals surface area contributed by atoms with E-state index in [4.69, 9.17) is 32.7 Å². The molecule has 0 aliphatic rings. The molecule has 0 aliphatic heterocycles. The number of hydrogen-bond acceptors (Lipinski definition) is 5. The van der Waals surface area contributed by atoms with E-state index < -0.39 is 11.9 Å². The Labute approximate surface area is 166 Å². The number of rotatable bonds is 8. The molecule has 0 atom stereocenters. The van der Waals surface area contributed by atoms with E-state index in [0.717, 1.165) is 4.90 Å². The molecular formula is C18H17Cl2NO4S. The monoisotopic (exact) mass is 413 g/mol. The Balaban J connectivity index is 1.72. The summed E-state index contributed by atoms with van der Waals surface area (Å²) in [6.07, 6.45) is 0. The molecule has 0 spiro atoms. The van der Waals surface area contributed by atoms with Gasteiger partial charge in [0.25, 0.3) is 5.91 Å². The largest absolute Gasteiger partial charge is 0.496 e. The number of benzene rings is 2. The number of nitrogens with one attached hydrogen (secondary N) is 1. The molecule has 138 valence electrons. The maximum atomic E-state index is 12.1. The molecule has 2 aromatic rings. The van der Waals surface area contributed by atoms with Crippen LogP contribution in [0, 0.1) is 0 Å². The number of carbonyl (C=O) groups excluding carboxylic acids is 2. The quantitative estimate of drug-likeness (QED) is 0.401. The van der Waals surface area contributed by atoms with Crippen molar-refractivity contribution in [3.05, 3.63) is 58.1 Å². The molecule has 0 heterocycles. The van der Waals surface area contributed by atoms with Gasteiger partial charge >= 0.3 is 5.97 Å². The smallest absolute Gasteiger partial charge is 0.325 e. The van der Waals surface area contributed by atoms with Gasteiger partial charge in [0.1, 0.15) is 18.9 Å². The van der Waals surface area contributed by atoms with Gasteiger partial charge in [-0.25, -0.2) is 0 Å². The fraction of sp³-hybridized carbons (Fsp3) is 0.222. The topological polar surface area (TPSA) is 64.6 Å². The molecule has 0 bridgehead atoms. The van der Waals surface area contributed by atoms with Crippen molar-refractivity contribution < 1.29 is 19.1 Å². The predicted octanol–water partition coefficient (Wildman–Crippen LogP) is 4.07. The van der Waals surface area contributed by atoms with Crippen LogP contribution in [0.25, 0.3) is 0 Å². The zero-order valence-electron chi connectivity index (χ0n) is 14.0. The van der Waals surface area contributed by atoms with E-state index in [1.807, 2.05) is 0 Å². The van der Waals surface area contributed by atoms with Crippen LogP contribution >= 0.6 is 35.0 Å². The van der Waals surface area contributed by atoms with Gasteiger partial charge in [-0.2, -0.15) is 0 Å². The zero-order chi connectivity index (χ0) is 18.9. The van der Waals surface area contributed by atoms with Crippen LogP contribution in [0.5, 0.6) is 5.75 Å². The zero-order valence-corrected chi connectivity index (χ0v) is 16.3. The predicted molar refractivity (Wildman–Crippen MR) is 103 cm³/mol. The van der Waals surface area contributed by atoms with Gasteiger partial charge in [-0.1, -0.05) is 35.3 Å². The van der Waals surface area contributed by atoms with Crippen LogP contribution in [-0.4, -0.2) is 37.9 Å². The maximum absolute atomic E-state index is 12.1. The minimum absolute atomic E-state index is 0.191. The van der Waals surface area contributed by atoms with Gasteiger partial charge in [-0.3, -0.25) is 9.59 Å². The van der Waals surface area contributed by atoms with Crippen molar-refractivity contribution in [2.75, 3.05) is 26.0 Å². The van der Waals surface area contributed by atoms with Crippen LogP contribution in [0.15, 0.2) is 47.4 Å². The molecule has 0 saturated heterocycles. The standard InChI is InChI=1S/C18H17Cl2NO4S/c1-24-15-5-3-2-4-13(15)18(23)21-11-17(22)25-8-9-26-16-10-12(19)6-7-14(16)20/h2-7,10H,8-9,11H2,1H3,(H,21,23). The Bertz CT molecular complexity index is 786. The highest BCUT2D eigenvalue weighted by Crippen LogP contribution is 2.29. The number of ether oxygens (including phenoxy) is 2. The van der Waals surface area contributed by atoms with E-state index in [9.17, 15) is 9.59 Å². The highest BCUT2D eigenvalue weighted by molar-refractivity contribution is 7.99. The summed E-state index contributed by atoms with van der Waals surface area (Å²) in [5.41, 5.74) is 0.356. The number of esters is 1. The summed E-state index contributed by atoms with van der Waals surface area (Å²) in [6.45, 7) is -0.0314. The first-order chi connectivity index (χ1) is 12.5. The van der Waals surface area contributed by atoms with Crippen molar-refractivity contribution in [1.29, 1.82) is 0 Å². The molecule has 0 aromatic heterocycles. The van der Waals surface area contributed by atoms with Gasteiger partial charge in [0, 0.05) is 15.7 Å². The van der Waals surface area contributed by atoms with Crippen molar-refractivity contribution in [3.63, 3.8) is 0 Å². The summed E-state index contributed by atoms with van der Waals surface area (Å²) in [5, 5.41) is 3.69. The Kier molecular flexibility index (Phi) is 8.09. The van der Waals surface area contributed by atoms with Gasteiger partial charge in [-0.05, 0) is 30.3 Å². The lowest BCUT2D eigenvalue weighted by atomic mass is 10.2. The van der Waals surface area contributed by atoms with Crippen molar-refractivity contribution >= 4 is 46.8 Å². The molecule has 0 fully saturated rings. The lowest BCUT2D eigenvalue weighted by Crippen LogP contribution is -2.31. The van der Waals surface area contributed by atoms with E-state index >= 15 is 0 Å². The van der Waals surface area contributed by atoms with Gasteiger partial charge < -0.3 is 14.8 Å². The molecule has 5 nitrogen and oxygen atoms in total. The molecule has 2 rings (SSSR count). The molecule has 0 radical (unpaired) electrons. The Hall–Kier alpha value is -1.89. The molecule has 0 aliphatic carbocycles. The Morgan fingerprint density at radius 1 is 1.15 bits per heavy atom. The first-order valence-electron chi connectivity index (χ1n) is 7.66. The molecule has 0 unspecified atom stereocenters. The fourth-order valence-corrected chi connectivity index (χ4v) is 3.35. The van der Waals surface area contributed by atoms with E-state index in [0.29, 0.717) is 27.1 Å². The highest BCUT2D eigenvalue weighted by Gasteiger charge is 2.13. The summed E-state index contributed by atoms with van der Waals surface area (Å²) >= 11 is 13.4. The molecule has 1 N–H and O–H groups in total. The van der Waals surface area contributed by atoms with Crippen LogP contribution in [0.4, 0.5) is 0 Å². The number of methoxy groups -OCH3 is 1. The number of amides is 1. The van der Waals surface area contributed by atoms with E-state index in [2.05, 4.69) is 5.32 Å². The third kappa shape index (κ3) is 6.12. The second kappa shape index (κ2) is 10.3. The number of hydrogen-bond donors (Lipinski definition) is 1. The van der Waals surface area contributed by atoms with Crippen molar-refractivity contribution in [1.82, 2.24) is 5.32 Å². The van der Waals surface area contributed by atoms with Crippen LogP contribution in [0.1, 0.15) is 10.4 Å². The maximum Gasteiger partial charge on any atom is 0.325 e. The first kappa shape index (κ1) is 20.4. The number of halogens is 2. The molecule has 0 saturated carbocycles. The first-order valence-corrected chi connectivity index (χ1v) is 9.40. The van der Waals surface area contributed by atoms with Crippen LogP contribution in [0.2, 0.25) is 10.0 Å². The second-order valence-electron chi connectivity index (χ2n) is 5.03. The molecule has 1 amide bonds. The van der Waals surface area contributed by atoms with Crippen molar-refractivity contribution in [2.45, 2.75) is 4.90 Å². The summed E-state index contributed by atoms with van der Waals surface area (Å²) in [7, 11) is 1.48. The van der Waals surface area contributed by atoms with Crippen molar-refractivity contribution in [3.8, 4) is 5.75 Å². The van der Waals surface area contributed by atoms with Crippen molar-refractivity contribution in [2.24, 2.45) is 0 Å². The van der Waals surface area contributed by atoms with Gasteiger partial charge in [0.2, 0.25) is 0 Å². The molecule has 2 aromatic carbocycles. The SMILES string of the molecule is COc1ccccc1C(=O)NCC(=O)OCCSc1cc(Cl)ccc1Cl. The van der Waals surface area contributed by atoms with Gasteiger partial charge in [0.15, 0.2) is 0 Å². The third-order valence-electron chi connectivity index (χ3n) is 3.24. The summed E-state index contributed by atoms with van der Waals surface area (Å²) in [4.78, 5) is 24.6. The fourth-order valence-electron chi connectivity index (χ4n) is 2.03. The molecule has 26 heavy (non-hydrogen) atoms. The minimum Gasteiger partial charge on any atom is -0.496 e. The van der Waals surface area contributed by atoms with Crippen LogP contribution in [-0.2, 0) is 9.53 Å². The van der Waals surface area contributed by atoms with Gasteiger partial charge in [-0.15, -0.1) is 11.8 Å². The average molecular weight is 414 g/mol. The van der Waals surface area contributed by atoms with E-state index in [1.165, 1.54) is 18.9 Å². The summed E-state index contributed by atoms with van der Waals surface area (Å²) in [6, 6.07) is 11.9. The van der Waals surface area contributed by atoms with Crippen LogP contribution < -0.4 is 10.1 Å². The molecule has 8 heteroatoms. The van der Waals surface area contributed by atoms with E-state index in [1.54, 1.807) is 42.5 Å². The third-order valence-corrected chi connectivity index (χ3v) is 4.94. The van der Waals surface area contributed by atoms with Gasteiger partial charge in [0.05, 0.1) is 17.7 Å². The second-order valence-corrected chi connectivity index (χ2v) is 7.01. The van der Waals surface area contributed by atoms with E-state index in [-0.39, 0.29) is 13.2 Å². The minimum atomic E-state index is -0.522. The van der Waals surface area contributed by atoms with Crippen LogP contribution in [0.3, 0.4) is 0 Å². The lowest BCUT2D eigenvalue weighted by molar-refractivity contribution is -0.141. The number of thioether (sulfide) groups is 1. The highest BCUT2D eigenvalue weighted by atomic mass is 35.5.